The average molecular weight is 461 g/mol. The van der Waals surface area contributed by atoms with Gasteiger partial charge in [-0.15, -0.1) is 0 Å². The molecular weight excluding hydrogens is 428 g/mol. The normalized spacial score (nSPS) is 15.9. The Labute approximate surface area is 190 Å². The summed E-state index contributed by atoms with van der Waals surface area (Å²) in [5, 5.41) is 3.07. The van der Waals surface area contributed by atoms with Gasteiger partial charge in [0.2, 0.25) is 15.9 Å². The van der Waals surface area contributed by atoms with Crippen LogP contribution in [0.25, 0.3) is 0 Å². The van der Waals surface area contributed by atoms with Crippen molar-refractivity contribution < 1.29 is 22.7 Å². The van der Waals surface area contributed by atoms with Crippen LogP contribution in [0.1, 0.15) is 32.3 Å². The van der Waals surface area contributed by atoms with Gasteiger partial charge in [-0.3, -0.25) is 4.79 Å². The fourth-order valence-electron chi connectivity index (χ4n) is 3.93. The van der Waals surface area contributed by atoms with E-state index in [0.717, 1.165) is 5.56 Å². The predicted octanol–water partition coefficient (Wildman–Crippen LogP) is 3.20. The maximum Gasteiger partial charge on any atom is 0.243 e. The van der Waals surface area contributed by atoms with Crippen LogP contribution in [0, 0.1) is 5.92 Å². The van der Waals surface area contributed by atoms with Crippen molar-refractivity contribution in [1.82, 2.24) is 9.62 Å². The second kappa shape index (κ2) is 9.92. The van der Waals surface area contributed by atoms with Gasteiger partial charge in [0.05, 0.1) is 19.1 Å². The summed E-state index contributed by atoms with van der Waals surface area (Å²) in [5.41, 5.74) is 0.977. The van der Waals surface area contributed by atoms with Crippen molar-refractivity contribution in [3.8, 4) is 11.5 Å². The van der Waals surface area contributed by atoms with E-state index in [1.165, 1.54) is 30.7 Å². The number of amides is 1. The van der Waals surface area contributed by atoms with Crippen LogP contribution in [0.2, 0.25) is 0 Å². The number of ether oxygens (including phenoxy) is 2. The Morgan fingerprint density at radius 1 is 1.03 bits per heavy atom. The average Bonchev–Trinajstić information content (AvgIpc) is 2.82. The molecule has 1 aliphatic heterocycles. The van der Waals surface area contributed by atoms with Gasteiger partial charge in [-0.2, -0.15) is 4.31 Å². The minimum absolute atomic E-state index is 0.0165. The highest BCUT2D eigenvalue weighted by Gasteiger charge is 2.33. The standard InChI is InChI=1S/C24H32N2O5S/c1-24(2,19-8-6-5-7-9-19)17-25-23(27)18-12-14-26(15-13-18)32(28,29)20-10-11-21(30-3)22(16-20)31-4/h5-11,16,18H,12-15,17H2,1-4H3,(H,25,27). The van der Waals surface area contributed by atoms with Crippen molar-refractivity contribution in [2.45, 2.75) is 37.0 Å². The van der Waals surface area contributed by atoms with Gasteiger partial charge in [-0.1, -0.05) is 44.2 Å². The van der Waals surface area contributed by atoms with Gasteiger partial charge >= 0.3 is 0 Å². The summed E-state index contributed by atoms with van der Waals surface area (Å²) >= 11 is 0. The highest BCUT2D eigenvalue weighted by Crippen LogP contribution is 2.32. The summed E-state index contributed by atoms with van der Waals surface area (Å²) in [7, 11) is -0.702. The minimum atomic E-state index is -3.67. The van der Waals surface area contributed by atoms with Gasteiger partial charge in [0.15, 0.2) is 11.5 Å². The molecule has 0 saturated carbocycles. The lowest BCUT2D eigenvalue weighted by atomic mass is 9.84. The summed E-state index contributed by atoms with van der Waals surface area (Å²) in [6, 6.07) is 14.6. The minimum Gasteiger partial charge on any atom is -0.493 e. The zero-order valence-corrected chi connectivity index (χ0v) is 19.9. The number of rotatable bonds is 8. The lowest BCUT2D eigenvalue weighted by Gasteiger charge is -2.32. The van der Waals surface area contributed by atoms with Gasteiger partial charge in [0.1, 0.15) is 0 Å². The second-order valence-electron chi connectivity index (χ2n) is 8.66. The third kappa shape index (κ3) is 5.24. The molecule has 1 aliphatic rings. The zero-order valence-electron chi connectivity index (χ0n) is 19.1. The molecule has 1 N–H and O–H groups in total. The lowest BCUT2D eigenvalue weighted by Crippen LogP contribution is -2.45. The molecule has 0 aromatic heterocycles. The first-order valence-electron chi connectivity index (χ1n) is 10.7. The first-order chi connectivity index (χ1) is 15.2. The molecule has 1 heterocycles. The molecule has 0 unspecified atom stereocenters. The maximum atomic E-state index is 13.1. The van der Waals surface area contributed by atoms with E-state index in [0.29, 0.717) is 44.0 Å². The molecule has 2 aromatic rings. The van der Waals surface area contributed by atoms with Crippen molar-refractivity contribution >= 4 is 15.9 Å². The molecule has 1 amide bonds. The van der Waals surface area contributed by atoms with Crippen molar-refractivity contribution in [3.63, 3.8) is 0 Å². The zero-order chi connectivity index (χ0) is 23.4. The first-order valence-corrected chi connectivity index (χ1v) is 12.2. The van der Waals surface area contributed by atoms with Crippen LogP contribution in [-0.2, 0) is 20.2 Å². The first kappa shape index (κ1) is 24.1. The molecule has 32 heavy (non-hydrogen) atoms. The number of benzene rings is 2. The summed E-state index contributed by atoms with van der Waals surface area (Å²) in [4.78, 5) is 12.9. The van der Waals surface area contributed by atoms with Gasteiger partial charge in [-0.25, -0.2) is 8.42 Å². The molecule has 0 aliphatic carbocycles. The number of piperidine rings is 1. The van der Waals surface area contributed by atoms with Crippen molar-refractivity contribution in [3.05, 3.63) is 54.1 Å². The number of carbonyl (C=O) groups excluding carboxylic acids is 1. The Balaban J connectivity index is 1.59. The van der Waals surface area contributed by atoms with Crippen LogP contribution in [0.15, 0.2) is 53.4 Å². The van der Waals surface area contributed by atoms with E-state index in [1.807, 2.05) is 18.2 Å². The van der Waals surface area contributed by atoms with E-state index in [2.05, 4.69) is 31.3 Å². The van der Waals surface area contributed by atoms with Gasteiger partial charge in [0.25, 0.3) is 0 Å². The highest BCUT2D eigenvalue weighted by atomic mass is 32.2. The molecule has 8 heteroatoms. The van der Waals surface area contributed by atoms with E-state index in [-0.39, 0.29) is 22.1 Å². The third-order valence-electron chi connectivity index (χ3n) is 6.08. The van der Waals surface area contributed by atoms with Crippen LogP contribution in [-0.4, -0.2) is 52.5 Å². The Morgan fingerprint density at radius 3 is 2.25 bits per heavy atom. The fraction of sp³-hybridized carbons (Fsp3) is 0.458. The molecule has 0 spiro atoms. The molecule has 0 radical (unpaired) electrons. The molecule has 3 rings (SSSR count). The van der Waals surface area contributed by atoms with E-state index >= 15 is 0 Å². The highest BCUT2D eigenvalue weighted by molar-refractivity contribution is 7.89. The third-order valence-corrected chi connectivity index (χ3v) is 7.97. The topological polar surface area (TPSA) is 84.9 Å². The summed E-state index contributed by atoms with van der Waals surface area (Å²) in [5.74, 6) is 0.625. The number of methoxy groups -OCH3 is 2. The molecule has 174 valence electrons. The number of sulfonamides is 1. The van der Waals surface area contributed by atoms with Crippen molar-refractivity contribution in [2.75, 3.05) is 33.9 Å². The largest absolute Gasteiger partial charge is 0.493 e. The predicted molar refractivity (Wildman–Crippen MR) is 124 cm³/mol. The fourth-order valence-corrected chi connectivity index (χ4v) is 5.41. The quantitative estimate of drug-likeness (QED) is 0.654. The number of carbonyl (C=O) groups is 1. The van der Waals surface area contributed by atoms with Gasteiger partial charge < -0.3 is 14.8 Å². The van der Waals surface area contributed by atoms with Crippen molar-refractivity contribution in [1.29, 1.82) is 0 Å². The summed E-state index contributed by atoms with van der Waals surface area (Å²) in [6.45, 7) is 5.33. The van der Waals surface area contributed by atoms with Gasteiger partial charge in [-0.05, 0) is 30.5 Å². The van der Waals surface area contributed by atoms with Crippen LogP contribution >= 0.6 is 0 Å². The Bertz CT molecular complexity index is 1030. The van der Waals surface area contributed by atoms with E-state index in [9.17, 15) is 13.2 Å². The maximum absolute atomic E-state index is 13.1. The molecule has 1 saturated heterocycles. The number of hydrogen-bond acceptors (Lipinski definition) is 5. The van der Waals surface area contributed by atoms with Crippen molar-refractivity contribution in [2.24, 2.45) is 5.92 Å². The van der Waals surface area contributed by atoms with E-state index in [4.69, 9.17) is 9.47 Å². The second-order valence-corrected chi connectivity index (χ2v) is 10.6. The molecule has 0 atom stereocenters. The number of nitrogens with zero attached hydrogens (tertiary/aromatic N) is 1. The summed E-state index contributed by atoms with van der Waals surface area (Å²) in [6.07, 6.45) is 0.980. The van der Waals surface area contributed by atoms with Gasteiger partial charge in [0, 0.05) is 37.0 Å². The van der Waals surface area contributed by atoms with E-state index < -0.39 is 10.0 Å². The van der Waals surface area contributed by atoms with Crippen LogP contribution in [0.4, 0.5) is 0 Å². The molecule has 1 fully saturated rings. The Kier molecular flexibility index (Phi) is 7.46. The monoisotopic (exact) mass is 460 g/mol. The SMILES string of the molecule is COc1ccc(S(=O)(=O)N2CCC(C(=O)NCC(C)(C)c3ccccc3)CC2)cc1OC. The summed E-state index contributed by atoms with van der Waals surface area (Å²) < 4.78 is 38.0. The molecule has 2 aromatic carbocycles. The van der Waals surface area contributed by atoms with Crippen LogP contribution in [0.3, 0.4) is 0 Å². The molecule has 0 bridgehead atoms. The van der Waals surface area contributed by atoms with Crippen LogP contribution < -0.4 is 14.8 Å². The number of hydrogen-bond donors (Lipinski definition) is 1. The molecular formula is C24H32N2O5S. The Morgan fingerprint density at radius 2 is 1.66 bits per heavy atom. The molecule has 7 nitrogen and oxygen atoms in total. The van der Waals surface area contributed by atoms with Crippen LogP contribution in [0.5, 0.6) is 11.5 Å². The Hall–Kier alpha value is -2.58. The number of nitrogens with one attached hydrogen (secondary N) is 1. The smallest absolute Gasteiger partial charge is 0.243 e. The van der Waals surface area contributed by atoms with E-state index in [1.54, 1.807) is 6.07 Å². The lowest BCUT2D eigenvalue weighted by molar-refractivity contribution is -0.126.